The predicted octanol–water partition coefficient (Wildman–Crippen LogP) is 6.90. The maximum absolute atomic E-state index is 12.9. The smallest absolute Gasteiger partial charge is 0.335 e. The van der Waals surface area contributed by atoms with Gasteiger partial charge in [0, 0.05) is 22.7 Å². The zero-order chi connectivity index (χ0) is 26.5. The van der Waals surface area contributed by atoms with E-state index in [0.717, 1.165) is 11.1 Å². The Morgan fingerprint density at radius 3 is 2.62 bits per heavy atom. The van der Waals surface area contributed by atoms with Crippen molar-refractivity contribution in [3.8, 4) is 11.5 Å². The van der Waals surface area contributed by atoms with E-state index in [1.54, 1.807) is 55.6 Å². The summed E-state index contributed by atoms with van der Waals surface area (Å²) in [5, 5.41) is 10.7. The quantitative estimate of drug-likeness (QED) is 0.303. The summed E-state index contributed by atoms with van der Waals surface area (Å²) in [7, 11) is 1.63. The fraction of sp³-hybridized carbons (Fsp3) is 0.148. The third kappa shape index (κ3) is 6.46. The standard InChI is InChI=1S/C27H22Cl2N2O5S/c1-3-35-23-11-16(7-10-22(23)36-15-18-8-9-19(28)14-21(18)29)12-24-25(32)31(2)27(37-24)30-20-6-4-5-17(13-20)26(33)34/h4-14H,3,15H2,1-2H3,(H,33,34). The Bertz CT molecular complexity index is 1420. The summed E-state index contributed by atoms with van der Waals surface area (Å²) in [6, 6.07) is 16.9. The highest BCUT2D eigenvalue weighted by Crippen LogP contribution is 2.36. The fourth-order valence-electron chi connectivity index (χ4n) is 3.42. The molecule has 7 nitrogen and oxygen atoms in total. The van der Waals surface area contributed by atoms with Crippen molar-refractivity contribution < 1.29 is 24.2 Å². The molecular formula is C27H22Cl2N2O5S. The molecule has 190 valence electrons. The Balaban J connectivity index is 1.55. The lowest BCUT2D eigenvalue weighted by molar-refractivity contribution is -0.121. The number of amidine groups is 1. The summed E-state index contributed by atoms with van der Waals surface area (Å²) in [5.41, 5.74) is 2.11. The van der Waals surface area contributed by atoms with Gasteiger partial charge in [-0.1, -0.05) is 41.4 Å². The average Bonchev–Trinajstić information content (AvgIpc) is 3.12. The minimum absolute atomic E-state index is 0.124. The van der Waals surface area contributed by atoms with E-state index in [-0.39, 0.29) is 18.1 Å². The van der Waals surface area contributed by atoms with Crippen LogP contribution in [0.4, 0.5) is 5.69 Å². The number of likely N-dealkylation sites (N-methyl/N-ethyl adjacent to an activating group) is 1. The molecule has 3 aromatic rings. The van der Waals surface area contributed by atoms with Crippen LogP contribution in [0.15, 0.2) is 70.6 Å². The van der Waals surface area contributed by atoms with Gasteiger partial charge in [0.1, 0.15) is 6.61 Å². The van der Waals surface area contributed by atoms with E-state index in [1.807, 2.05) is 13.0 Å². The van der Waals surface area contributed by atoms with E-state index in [2.05, 4.69) is 4.99 Å². The lowest BCUT2D eigenvalue weighted by Gasteiger charge is -2.13. The van der Waals surface area contributed by atoms with Crippen molar-refractivity contribution in [2.24, 2.45) is 4.99 Å². The molecule has 3 aromatic carbocycles. The largest absolute Gasteiger partial charge is 0.490 e. The highest BCUT2D eigenvalue weighted by molar-refractivity contribution is 8.18. The average molecular weight is 557 g/mol. The van der Waals surface area contributed by atoms with E-state index in [4.69, 9.17) is 32.7 Å². The van der Waals surface area contributed by atoms with Crippen molar-refractivity contribution >= 4 is 63.8 Å². The number of carboxylic acid groups (broad SMARTS) is 1. The number of amides is 1. The predicted molar refractivity (Wildman–Crippen MR) is 147 cm³/mol. The van der Waals surface area contributed by atoms with Crippen molar-refractivity contribution in [3.05, 3.63) is 92.3 Å². The Morgan fingerprint density at radius 1 is 1.08 bits per heavy atom. The molecule has 1 heterocycles. The molecule has 1 fully saturated rings. The molecule has 1 aliphatic heterocycles. The van der Waals surface area contributed by atoms with Gasteiger partial charge in [0.2, 0.25) is 0 Å². The van der Waals surface area contributed by atoms with Gasteiger partial charge >= 0.3 is 5.97 Å². The lowest BCUT2D eigenvalue weighted by atomic mass is 10.1. The number of hydrogen-bond donors (Lipinski definition) is 1. The topological polar surface area (TPSA) is 88.4 Å². The van der Waals surface area contributed by atoms with E-state index < -0.39 is 5.97 Å². The number of hydrogen-bond acceptors (Lipinski definition) is 6. The summed E-state index contributed by atoms with van der Waals surface area (Å²) >= 11 is 13.4. The summed E-state index contributed by atoms with van der Waals surface area (Å²) in [4.78, 5) is 30.5. The van der Waals surface area contributed by atoms with Crippen LogP contribution >= 0.6 is 35.0 Å². The molecule has 0 radical (unpaired) electrons. The van der Waals surface area contributed by atoms with E-state index in [1.165, 1.54) is 28.8 Å². The zero-order valence-electron chi connectivity index (χ0n) is 19.9. The molecule has 1 N–H and O–H groups in total. The van der Waals surface area contributed by atoms with Crippen molar-refractivity contribution in [1.29, 1.82) is 0 Å². The molecule has 10 heteroatoms. The van der Waals surface area contributed by atoms with E-state index in [9.17, 15) is 14.7 Å². The normalized spacial score (nSPS) is 15.5. The third-order valence-electron chi connectivity index (χ3n) is 5.29. The summed E-state index contributed by atoms with van der Waals surface area (Å²) < 4.78 is 11.7. The van der Waals surface area contributed by atoms with Gasteiger partial charge in [0.15, 0.2) is 16.7 Å². The molecule has 0 aliphatic carbocycles. The first kappa shape index (κ1) is 26.6. The van der Waals surface area contributed by atoms with Gasteiger partial charge in [0.25, 0.3) is 5.91 Å². The van der Waals surface area contributed by atoms with Crippen LogP contribution in [-0.4, -0.2) is 40.7 Å². The number of aliphatic imine (C=N–C) groups is 1. The van der Waals surface area contributed by atoms with Crippen LogP contribution in [0.3, 0.4) is 0 Å². The molecule has 1 saturated heterocycles. The number of benzene rings is 3. The van der Waals surface area contributed by atoms with Crippen LogP contribution in [0, 0.1) is 0 Å². The monoisotopic (exact) mass is 556 g/mol. The summed E-state index contributed by atoms with van der Waals surface area (Å²) in [6.07, 6.45) is 1.75. The van der Waals surface area contributed by atoms with E-state index in [0.29, 0.717) is 43.9 Å². The van der Waals surface area contributed by atoms with E-state index >= 15 is 0 Å². The highest BCUT2D eigenvalue weighted by atomic mass is 35.5. The maximum atomic E-state index is 12.9. The van der Waals surface area contributed by atoms with Crippen LogP contribution in [-0.2, 0) is 11.4 Å². The van der Waals surface area contributed by atoms with Gasteiger partial charge in [-0.3, -0.25) is 9.69 Å². The number of thioether (sulfide) groups is 1. The van der Waals surface area contributed by atoms with Gasteiger partial charge in [-0.25, -0.2) is 9.79 Å². The number of aromatic carboxylic acids is 1. The second kappa shape index (κ2) is 11.7. The van der Waals surface area contributed by atoms with Crippen molar-refractivity contribution in [1.82, 2.24) is 4.90 Å². The molecule has 1 aliphatic rings. The number of carboxylic acids is 1. The molecule has 0 saturated carbocycles. The molecule has 0 bridgehead atoms. The number of carbonyl (C=O) groups is 2. The van der Waals surface area contributed by atoms with Gasteiger partial charge in [-0.15, -0.1) is 0 Å². The van der Waals surface area contributed by atoms with Crippen molar-refractivity contribution in [2.75, 3.05) is 13.7 Å². The first-order valence-electron chi connectivity index (χ1n) is 11.2. The molecular weight excluding hydrogens is 535 g/mol. The molecule has 0 spiro atoms. The van der Waals surface area contributed by atoms with Crippen LogP contribution in [0.5, 0.6) is 11.5 Å². The van der Waals surface area contributed by atoms with Crippen LogP contribution < -0.4 is 9.47 Å². The summed E-state index contributed by atoms with van der Waals surface area (Å²) in [6.45, 7) is 2.54. The molecule has 0 unspecified atom stereocenters. The van der Waals surface area contributed by atoms with Crippen molar-refractivity contribution in [2.45, 2.75) is 13.5 Å². The second-order valence-electron chi connectivity index (χ2n) is 7.89. The molecule has 4 rings (SSSR count). The first-order valence-corrected chi connectivity index (χ1v) is 12.8. The first-order chi connectivity index (χ1) is 17.7. The maximum Gasteiger partial charge on any atom is 0.335 e. The van der Waals surface area contributed by atoms with Gasteiger partial charge in [0.05, 0.1) is 22.8 Å². The third-order valence-corrected chi connectivity index (χ3v) is 6.93. The Hall–Kier alpha value is -3.46. The van der Waals surface area contributed by atoms with Crippen LogP contribution in [0.1, 0.15) is 28.4 Å². The fourth-order valence-corrected chi connectivity index (χ4v) is 4.87. The molecule has 37 heavy (non-hydrogen) atoms. The van der Waals surface area contributed by atoms with Gasteiger partial charge in [-0.05, 0) is 72.8 Å². The Morgan fingerprint density at radius 2 is 1.89 bits per heavy atom. The van der Waals surface area contributed by atoms with Crippen molar-refractivity contribution in [3.63, 3.8) is 0 Å². The Labute approximate surface area is 228 Å². The summed E-state index contributed by atoms with van der Waals surface area (Å²) in [5.74, 6) is -0.183. The number of ether oxygens (including phenoxy) is 2. The highest BCUT2D eigenvalue weighted by Gasteiger charge is 2.30. The lowest BCUT2D eigenvalue weighted by Crippen LogP contribution is -2.23. The number of carbonyl (C=O) groups excluding carboxylic acids is 1. The van der Waals surface area contributed by atoms with Crippen LogP contribution in [0.2, 0.25) is 10.0 Å². The zero-order valence-corrected chi connectivity index (χ0v) is 22.2. The minimum Gasteiger partial charge on any atom is -0.490 e. The SMILES string of the molecule is CCOc1cc(C=C2SC(=Nc3cccc(C(=O)O)c3)N(C)C2=O)ccc1OCc1ccc(Cl)cc1Cl. The second-order valence-corrected chi connectivity index (χ2v) is 9.74. The molecule has 0 atom stereocenters. The number of nitrogens with zero attached hydrogens (tertiary/aromatic N) is 2. The molecule has 1 amide bonds. The minimum atomic E-state index is -1.04. The van der Waals surface area contributed by atoms with Crippen LogP contribution in [0.25, 0.3) is 6.08 Å². The van der Waals surface area contributed by atoms with Gasteiger partial charge < -0.3 is 14.6 Å². The number of rotatable bonds is 8. The van der Waals surface area contributed by atoms with Gasteiger partial charge in [-0.2, -0.15) is 0 Å². The Kier molecular flexibility index (Phi) is 8.43. The number of halogens is 2. The molecule has 0 aromatic heterocycles.